The molecule has 0 aliphatic rings. The maximum atomic E-state index is 5.72. The first-order valence-corrected chi connectivity index (χ1v) is 8.38. The molecule has 2 aromatic rings. The van der Waals surface area contributed by atoms with Crippen LogP contribution in [0.4, 0.5) is 0 Å². The highest BCUT2D eigenvalue weighted by atomic mass is 32.1. The number of nitrogens with one attached hydrogen (secondary N) is 1. The van der Waals surface area contributed by atoms with Crippen LogP contribution in [0.25, 0.3) is 0 Å². The molecular weight excluding hydrogens is 280 g/mol. The highest BCUT2D eigenvalue weighted by Crippen LogP contribution is 2.23. The van der Waals surface area contributed by atoms with Gasteiger partial charge in [-0.2, -0.15) is 0 Å². The van der Waals surface area contributed by atoms with E-state index in [2.05, 4.69) is 33.9 Å². The second kappa shape index (κ2) is 8.15. The van der Waals surface area contributed by atoms with Gasteiger partial charge in [-0.25, -0.2) is 0 Å². The number of rotatable bonds is 8. The highest BCUT2D eigenvalue weighted by Gasteiger charge is 2.11. The van der Waals surface area contributed by atoms with E-state index in [1.807, 2.05) is 38.4 Å². The zero-order chi connectivity index (χ0) is 15.1. The third-order valence-corrected chi connectivity index (χ3v) is 4.29. The Balaban J connectivity index is 1.93. The molecule has 0 saturated heterocycles. The number of aromatic nitrogens is 1. The SMILES string of the molecule is CNC(CCCc1cccs1)c1cncc(OC(C)C)c1. The maximum absolute atomic E-state index is 5.72. The quantitative estimate of drug-likeness (QED) is 0.793. The highest BCUT2D eigenvalue weighted by molar-refractivity contribution is 7.09. The number of ether oxygens (including phenoxy) is 1. The first-order chi connectivity index (χ1) is 10.2. The van der Waals surface area contributed by atoms with Crippen LogP contribution >= 0.6 is 11.3 Å². The Morgan fingerprint density at radius 1 is 1.33 bits per heavy atom. The maximum Gasteiger partial charge on any atom is 0.138 e. The van der Waals surface area contributed by atoms with E-state index < -0.39 is 0 Å². The fourth-order valence-corrected chi connectivity index (χ4v) is 3.13. The molecule has 21 heavy (non-hydrogen) atoms. The van der Waals surface area contributed by atoms with E-state index in [9.17, 15) is 0 Å². The van der Waals surface area contributed by atoms with Gasteiger partial charge in [-0.3, -0.25) is 4.98 Å². The lowest BCUT2D eigenvalue weighted by Gasteiger charge is -2.17. The van der Waals surface area contributed by atoms with Gasteiger partial charge in [-0.05, 0) is 63.2 Å². The van der Waals surface area contributed by atoms with Crippen molar-refractivity contribution in [3.05, 3.63) is 46.4 Å². The Bertz CT molecular complexity index is 525. The molecule has 0 fully saturated rings. The molecule has 2 rings (SSSR count). The summed E-state index contributed by atoms with van der Waals surface area (Å²) < 4.78 is 5.72. The topological polar surface area (TPSA) is 34.2 Å². The summed E-state index contributed by atoms with van der Waals surface area (Å²) in [6, 6.07) is 6.75. The van der Waals surface area contributed by atoms with Crippen LogP contribution in [0.1, 0.15) is 43.2 Å². The van der Waals surface area contributed by atoms with Crippen LogP contribution < -0.4 is 10.1 Å². The molecular formula is C17H24N2OS. The summed E-state index contributed by atoms with van der Waals surface area (Å²) in [6.07, 6.45) is 7.30. The zero-order valence-corrected chi connectivity index (χ0v) is 13.8. The van der Waals surface area contributed by atoms with Crippen LogP contribution in [-0.2, 0) is 6.42 Å². The fraction of sp³-hybridized carbons (Fsp3) is 0.471. The van der Waals surface area contributed by atoms with E-state index >= 15 is 0 Å². The lowest BCUT2D eigenvalue weighted by Crippen LogP contribution is -2.17. The van der Waals surface area contributed by atoms with Gasteiger partial charge in [0, 0.05) is 17.1 Å². The molecule has 114 valence electrons. The summed E-state index contributed by atoms with van der Waals surface area (Å²) in [5.74, 6) is 0.848. The molecule has 1 unspecified atom stereocenters. The minimum absolute atomic E-state index is 0.175. The number of thiophene rings is 1. The van der Waals surface area contributed by atoms with Gasteiger partial charge < -0.3 is 10.1 Å². The second-order valence-electron chi connectivity index (χ2n) is 5.43. The predicted octanol–water partition coefficient (Wildman–Crippen LogP) is 4.21. The summed E-state index contributed by atoms with van der Waals surface area (Å²) >= 11 is 1.83. The second-order valence-corrected chi connectivity index (χ2v) is 6.47. The van der Waals surface area contributed by atoms with Crippen molar-refractivity contribution in [2.24, 2.45) is 0 Å². The molecule has 0 spiro atoms. The Morgan fingerprint density at radius 3 is 2.86 bits per heavy atom. The standard InChI is InChI=1S/C17H24N2OS/c1-13(2)20-15-10-14(11-19-12-15)17(18-3)8-4-6-16-7-5-9-21-16/h5,7,9-13,17-18H,4,6,8H2,1-3H3. The summed E-state index contributed by atoms with van der Waals surface area (Å²) in [6.45, 7) is 4.06. The predicted molar refractivity (Wildman–Crippen MR) is 89.1 cm³/mol. The summed E-state index contributed by atoms with van der Waals surface area (Å²) in [4.78, 5) is 5.76. The molecule has 3 nitrogen and oxygen atoms in total. The third kappa shape index (κ3) is 5.14. The van der Waals surface area contributed by atoms with Crippen molar-refractivity contribution < 1.29 is 4.74 Å². The molecule has 0 saturated carbocycles. The van der Waals surface area contributed by atoms with Gasteiger partial charge in [0.15, 0.2) is 0 Å². The Labute approximate surface area is 131 Å². The smallest absolute Gasteiger partial charge is 0.138 e. The minimum Gasteiger partial charge on any atom is -0.489 e. The molecule has 0 amide bonds. The minimum atomic E-state index is 0.175. The van der Waals surface area contributed by atoms with Gasteiger partial charge in [0.05, 0.1) is 12.3 Å². The normalized spacial score (nSPS) is 12.6. The van der Waals surface area contributed by atoms with Crippen molar-refractivity contribution in [2.45, 2.75) is 45.3 Å². The Kier molecular flexibility index (Phi) is 6.21. The van der Waals surface area contributed by atoms with Crippen LogP contribution in [0, 0.1) is 0 Å². The van der Waals surface area contributed by atoms with Gasteiger partial charge in [0.2, 0.25) is 0 Å². The Hall–Kier alpha value is -1.39. The molecule has 0 radical (unpaired) electrons. The number of hydrogen-bond acceptors (Lipinski definition) is 4. The van der Waals surface area contributed by atoms with Crippen molar-refractivity contribution in [3.8, 4) is 5.75 Å². The lowest BCUT2D eigenvalue weighted by molar-refractivity contribution is 0.241. The summed E-state index contributed by atoms with van der Waals surface area (Å²) in [5, 5.41) is 5.53. The molecule has 1 atom stereocenters. The van der Waals surface area contributed by atoms with E-state index in [-0.39, 0.29) is 6.10 Å². The van der Waals surface area contributed by atoms with Crippen LogP contribution in [0.3, 0.4) is 0 Å². The van der Waals surface area contributed by atoms with Crippen LogP contribution in [0.5, 0.6) is 5.75 Å². The first kappa shape index (κ1) is 16.0. The van der Waals surface area contributed by atoms with E-state index in [4.69, 9.17) is 4.74 Å². The number of hydrogen-bond donors (Lipinski definition) is 1. The largest absolute Gasteiger partial charge is 0.489 e. The average Bonchev–Trinajstić information content (AvgIpc) is 2.96. The molecule has 0 aliphatic heterocycles. The van der Waals surface area contributed by atoms with Crippen molar-refractivity contribution in [2.75, 3.05) is 7.05 Å². The van der Waals surface area contributed by atoms with Crippen LogP contribution in [-0.4, -0.2) is 18.1 Å². The van der Waals surface area contributed by atoms with Gasteiger partial charge in [0.25, 0.3) is 0 Å². The van der Waals surface area contributed by atoms with Gasteiger partial charge in [-0.1, -0.05) is 6.07 Å². The third-order valence-electron chi connectivity index (χ3n) is 3.35. The Morgan fingerprint density at radius 2 is 2.19 bits per heavy atom. The average molecular weight is 304 g/mol. The van der Waals surface area contributed by atoms with Gasteiger partial charge >= 0.3 is 0 Å². The van der Waals surface area contributed by atoms with Gasteiger partial charge in [0.1, 0.15) is 5.75 Å². The molecule has 2 aromatic heterocycles. The summed E-state index contributed by atoms with van der Waals surface area (Å²) in [5.41, 5.74) is 1.20. The molecule has 1 N–H and O–H groups in total. The van der Waals surface area contributed by atoms with Crippen molar-refractivity contribution >= 4 is 11.3 Å². The number of nitrogens with zero attached hydrogens (tertiary/aromatic N) is 1. The van der Waals surface area contributed by atoms with Crippen LogP contribution in [0.2, 0.25) is 0 Å². The van der Waals surface area contributed by atoms with E-state index in [1.54, 1.807) is 6.20 Å². The van der Waals surface area contributed by atoms with Gasteiger partial charge in [-0.15, -0.1) is 11.3 Å². The molecule has 2 heterocycles. The zero-order valence-electron chi connectivity index (χ0n) is 13.0. The van der Waals surface area contributed by atoms with E-state index in [0.29, 0.717) is 6.04 Å². The van der Waals surface area contributed by atoms with E-state index in [1.165, 1.54) is 16.9 Å². The molecule has 0 aromatic carbocycles. The van der Waals surface area contributed by atoms with Crippen LogP contribution in [0.15, 0.2) is 36.0 Å². The van der Waals surface area contributed by atoms with E-state index in [0.717, 1.165) is 18.6 Å². The molecule has 0 bridgehead atoms. The van der Waals surface area contributed by atoms with Crippen molar-refractivity contribution in [3.63, 3.8) is 0 Å². The number of aryl methyl sites for hydroxylation is 1. The fourth-order valence-electron chi connectivity index (χ4n) is 2.38. The number of pyridine rings is 1. The summed E-state index contributed by atoms with van der Waals surface area (Å²) in [7, 11) is 2.01. The van der Waals surface area contributed by atoms with Crippen molar-refractivity contribution in [1.29, 1.82) is 0 Å². The monoisotopic (exact) mass is 304 g/mol. The molecule has 0 aliphatic carbocycles. The molecule has 4 heteroatoms. The lowest BCUT2D eigenvalue weighted by atomic mass is 10.0. The van der Waals surface area contributed by atoms with Crippen molar-refractivity contribution in [1.82, 2.24) is 10.3 Å². The first-order valence-electron chi connectivity index (χ1n) is 7.50.